The summed E-state index contributed by atoms with van der Waals surface area (Å²) in [6.07, 6.45) is 3.17. The topological polar surface area (TPSA) is 72.9 Å². The summed E-state index contributed by atoms with van der Waals surface area (Å²) in [5.74, 6) is 0.470. The molecule has 0 aliphatic rings. The van der Waals surface area contributed by atoms with Crippen molar-refractivity contribution in [1.82, 2.24) is 15.1 Å². The number of rotatable bonds is 6. The molecule has 3 N–H and O–H groups in total. The predicted molar refractivity (Wildman–Crippen MR) is 72.0 cm³/mol. The molecule has 0 aliphatic carbocycles. The zero-order chi connectivity index (χ0) is 13.7. The third-order valence-corrected chi connectivity index (χ3v) is 3.38. The molecule has 1 rings (SSSR count). The molecule has 1 amide bonds. The van der Waals surface area contributed by atoms with Crippen molar-refractivity contribution in [3.63, 3.8) is 0 Å². The molecule has 5 heteroatoms. The molecule has 0 bridgehead atoms. The maximum absolute atomic E-state index is 11.8. The van der Waals surface area contributed by atoms with Gasteiger partial charge in [-0.1, -0.05) is 6.92 Å². The van der Waals surface area contributed by atoms with Crippen LogP contribution in [0.1, 0.15) is 44.0 Å². The number of nitrogens with one attached hydrogen (secondary N) is 1. The second-order valence-corrected chi connectivity index (χ2v) is 4.98. The maximum atomic E-state index is 11.8. The quantitative estimate of drug-likeness (QED) is 0.801. The lowest BCUT2D eigenvalue weighted by molar-refractivity contribution is -0.122. The number of hydrogen-bond acceptors (Lipinski definition) is 3. The molecule has 0 saturated carbocycles. The fourth-order valence-electron chi connectivity index (χ4n) is 1.83. The Morgan fingerprint density at radius 2 is 2.22 bits per heavy atom. The number of carbonyl (C=O) groups is 1. The zero-order valence-corrected chi connectivity index (χ0v) is 11.7. The minimum atomic E-state index is -0.000572. The third-order valence-electron chi connectivity index (χ3n) is 3.38. The van der Waals surface area contributed by atoms with Crippen LogP contribution in [0.2, 0.25) is 0 Å². The van der Waals surface area contributed by atoms with Crippen molar-refractivity contribution in [2.75, 3.05) is 6.54 Å². The Kier molecular flexibility index (Phi) is 5.34. The molecule has 0 aliphatic heterocycles. The highest BCUT2D eigenvalue weighted by atomic mass is 16.1. The molecular formula is C13H24N4O. The molecule has 1 aromatic heterocycles. The summed E-state index contributed by atoms with van der Waals surface area (Å²) in [5.41, 5.74) is 7.68. The first kappa shape index (κ1) is 14.7. The van der Waals surface area contributed by atoms with Gasteiger partial charge in [-0.2, -0.15) is 5.10 Å². The van der Waals surface area contributed by atoms with Crippen LogP contribution in [0, 0.1) is 12.8 Å². The van der Waals surface area contributed by atoms with Gasteiger partial charge in [0.1, 0.15) is 0 Å². The molecule has 2 atom stereocenters. The molecule has 1 heterocycles. The molecule has 18 heavy (non-hydrogen) atoms. The van der Waals surface area contributed by atoms with Crippen LogP contribution < -0.4 is 11.1 Å². The third kappa shape index (κ3) is 3.84. The number of nitrogens with two attached hydrogens (primary N) is 1. The predicted octanol–water partition coefficient (Wildman–Crippen LogP) is 1.28. The van der Waals surface area contributed by atoms with Crippen LogP contribution in [0.5, 0.6) is 0 Å². The highest BCUT2D eigenvalue weighted by molar-refractivity contribution is 5.76. The van der Waals surface area contributed by atoms with Crippen LogP contribution in [0.4, 0.5) is 0 Å². The van der Waals surface area contributed by atoms with E-state index in [0.29, 0.717) is 18.9 Å². The Morgan fingerprint density at radius 1 is 1.56 bits per heavy atom. The number of amides is 1. The Hall–Kier alpha value is -1.36. The van der Waals surface area contributed by atoms with Crippen LogP contribution in [-0.2, 0) is 11.8 Å². The minimum absolute atomic E-state index is 0.000572. The van der Waals surface area contributed by atoms with Crippen molar-refractivity contribution < 1.29 is 4.79 Å². The highest BCUT2D eigenvalue weighted by Gasteiger charge is 2.14. The molecule has 5 nitrogen and oxygen atoms in total. The molecule has 2 unspecified atom stereocenters. The number of aryl methyl sites for hydroxylation is 1. The number of carbonyl (C=O) groups excluding carboxylic acids is 1. The van der Waals surface area contributed by atoms with Crippen molar-refractivity contribution >= 4 is 5.91 Å². The van der Waals surface area contributed by atoms with E-state index in [1.165, 1.54) is 0 Å². The fourth-order valence-corrected chi connectivity index (χ4v) is 1.83. The normalized spacial score (nSPS) is 14.3. The van der Waals surface area contributed by atoms with Gasteiger partial charge in [-0.15, -0.1) is 0 Å². The number of hydrogen-bond donors (Lipinski definition) is 2. The van der Waals surface area contributed by atoms with Gasteiger partial charge in [-0.3, -0.25) is 9.48 Å². The highest BCUT2D eigenvalue weighted by Crippen LogP contribution is 2.16. The summed E-state index contributed by atoms with van der Waals surface area (Å²) in [7, 11) is 1.90. The van der Waals surface area contributed by atoms with Crippen molar-refractivity contribution in [1.29, 1.82) is 0 Å². The lowest BCUT2D eigenvalue weighted by Crippen LogP contribution is -2.27. The van der Waals surface area contributed by atoms with E-state index in [1.807, 2.05) is 31.8 Å². The summed E-state index contributed by atoms with van der Waals surface area (Å²) in [5, 5.41) is 7.18. The Morgan fingerprint density at radius 3 is 2.72 bits per heavy atom. The van der Waals surface area contributed by atoms with Crippen LogP contribution in [0.3, 0.4) is 0 Å². The lowest BCUT2D eigenvalue weighted by Gasteiger charge is -2.14. The van der Waals surface area contributed by atoms with E-state index >= 15 is 0 Å². The summed E-state index contributed by atoms with van der Waals surface area (Å²) in [6.45, 7) is 6.67. The van der Waals surface area contributed by atoms with Crippen molar-refractivity contribution in [3.05, 3.63) is 17.5 Å². The smallest absolute Gasteiger partial charge is 0.220 e. The van der Waals surface area contributed by atoms with Gasteiger partial charge in [0.05, 0.1) is 12.2 Å². The first-order chi connectivity index (χ1) is 8.45. The zero-order valence-electron chi connectivity index (χ0n) is 11.7. The summed E-state index contributed by atoms with van der Waals surface area (Å²) in [4.78, 5) is 11.8. The van der Waals surface area contributed by atoms with E-state index in [4.69, 9.17) is 5.73 Å². The van der Waals surface area contributed by atoms with Crippen LogP contribution in [0.15, 0.2) is 6.20 Å². The van der Waals surface area contributed by atoms with Crippen molar-refractivity contribution in [2.45, 2.75) is 39.7 Å². The fraction of sp³-hybridized carbons (Fsp3) is 0.692. The van der Waals surface area contributed by atoms with Gasteiger partial charge in [0, 0.05) is 24.7 Å². The van der Waals surface area contributed by atoms with Crippen LogP contribution in [0.25, 0.3) is 0 Å². The van der Waals surface area contributed by atoms with Gasteiger partial charge in [0.25, 0.3) is 0 Å². The molecule has 0 spiro atoms. The SMILES string of the molecule is Cc1c(C(C)NC(=O)CCC(C)CN)cnn1C. The van der Waals surface area contributed by atoms with Crippen LogP contribution in [-0.4, -0.2) is 22.2 Å². The lowest BCUT2D eigenvalue weighted by atomic mass is 10.1. The van der Waals surface area contributed by atoms with E-state index in [2.05, 4.69) is 17.3 Å². The monoisotopic (exact) mass is 252 g/mol. The summed E-state index contributed by atoms with van der Waals surface area (Å²) >= 11 is 0. The maximum Gasteiger partial charge on any atom is 0.220 e. The Labute approximate surface area is 109 Å². The summed E-state index contributed by atoms with van der Waals surface area (Å²) < 4.78 is 1.81. The number of aromatic nitrogens is 2. The van der Waals surface area contributed by atoms with Gasteiger partial charge < -0.3 is 11.1 Å². The van der Waals surface area contributed by atoms with E-state index in [-0.39, 0.29) is 11.9 Å². The molecule has 0 fully saturated rings. The largest absolute Gasteiger partial charge is 0.349 e. The van der Waals surface area contributed by atoms with Crippen molar-refractivity contribution in [2.24, 2.45) is 18.7 Å². The van der Waals surface area contributed by atoms with E-state index < -0.39 is 0 Å². The standard InChI is InChI=1S/C13H24N4O/c1-9(7-14)5-6-13(18)16-10(2)12-8-15-17(4)11(12)3/h8-10H,5-7,14H2,1-4H3,(H,16,18). The van der Waals surface area contributed by atoms with Gasteiger partial charge in [-0.25, -0.2) is 0 Å². The molecule has 102 valence electrons. The molecular weight excluding hydrogens is 228 g/mol. The van der Waals surface area contributed by atoms with Crippen molar-refractivity contribution in [3.8, 4) is 0 Å². The molecule has 1 aromatic rings. The molecule has 0 radical (unpaired) electrons. The van der Waals surface area contributed by atoms with Crippen LogP contribution >= 0.6 is 0 Å². The average molecular weight is 252 g/mol. The minimum Gasteiger partial charge on any atom is -0.349 e. The second-order valence-electron chi connectivity index (χ2n) is 4.98. The molecule has 0 saturated heterocycles. The molecule has 0 aromatic carbocycles. The van der Waals surface area contributed by atoms with Gasteiger partial charge >= 0.3 is 0 Å². The van der Waals surface area contributed by atoms with Gasteiger partial charge in [0.2, 0.25) is 5.91 Å². The Balaban J connectivity index is 2.47. The number of nitrogens with zero attached hydrogens (tertiary/aromatic N) is 2. The first-order valence-corrected chi connectivity index (χ1v) is 6.43. The van der Waals surface area contributed by atoms with Gasteiger partial charge in [0.15, 0.2) is 0 Å². The first-order valence-electron chi connectivity index (χ1n) is 6.43. The van der Waals surface area contributed by atoms with Gasteiger partial charge in [-0.05, 0) is 32.7 Å². The van der Waals surface area contributed by atoms with E-state index in [0.717, 1.165) is 17.7 Å². The summed E-state index contributed by atoms with van der Waals surface area (Å²) in [6, 6.07) is -0.000572. The van der Waals surface area contributed by atoms with E-state index in [9.17, 15) is 4.79 Å². The Bertz CT molecular complexity index is 400. The second kappa shape index (κ2) is 6.54. The van der Waals surface area contributed by atoms with E-state index in [1.54, 1.807) is 0 Å². The average Bonchev–Trinajstić information content (AvgIpc) is 2.67.